The molecule has 1 fully saturated rings. The van der Waals surface area contributed by atoms with Crippen LogP contribution in [0.2, 0.25) is 5.02 Å². The number of hydrogen-bond donors (Lipinski definition) is 2. The number of sulfonamides is 1. The second kappa shape index (κ2) is 5.40. The first-order chi connectivity index (χ1) is 9.91. The van der Waals surface area contributed by atoms with E-state index in [0.717, 1.165) is 0 Å². The third kappa shape index (κ3) is 2.53. The van der Waals surface area contributed by atoms with Crippen molar-refractivity contribution in [1.29, 1.82) is 0 Å². The molecule has 2 aromatic rings. The molecule has 0 saturated carbocycles. The standard InChI is InChI=1S/C11H11BrClN3O4S/c12-6-5-7-9(20-11(17)15-7)8(13)10(6)21(18,19)16-3-1-14-2-4-16/h5,14H,1-4H2,(H,15,17). The van der Waals surface area contributed by atoms with Crippen molar-refractivity contribution in [1.82, 2.24) is 14.6 Å². The van der Waals surface area contributed by atoms with Crippen molar-refractivity contribution in [3.05, 3.63) is 26.1 Å². The van der Waals surface area contributed by atoms with E-state index in [1.54, 1.807) is 0 Å². The van der Waals surface area contributed by atoms with Crippen LogP contribution >= 0.6 is 27.5 Å². The molecule has 2 heterocycles. The average molecular weight is 397 g/mol. The molecule has 7 nitrogen and oxygen atoms in total. The quantitative estimate of drug-likeness (QED) is 0.793. The molecule has 0 bridgehead atoms. The van der Waals surface area contributed by atoms with E-state index in [2.05, 4.69) is 26.2 Å². The van der Waals surface area contributed by atoms with Gasteiger partial charge < -0.3 is 9.73 Å². The fourth-order valence-corrected chi connectivity index (χ4v) is 5.49. The van der Waals surface area contributed by atoms with Gasteiger partial charge in [0.1, 0.15) is 9.92 Å². The van der Waals surface area contributed by atoms with Crippen molar-refractivity contribution in [3.63, 3.8) is 0 Å². The number of benzene rings is 1. The lowest BCUT2D eigenvalue weighted by molar-refractivity contribution is 0.360. The van der Waals surface area contributed by atoms with Crippen molar-refractivity contribution in [2.75, 3.05) is 26.2 Å². The Morgan fingerprint density at radius 3 is 2.67 bits per heavy atom. The number of fused-ring (bicyclic) bond motifs is 1. The molecule has 1 saturated heterocycles. The molecule has 0 unspecified atom stereocenters. The third-order valence-electron chi connectivity index (χ3n) is 3.24. The van der Waals surface area contributed by atoms with Gasteiger partial charge in [-0.15, -0.1) is 0 Å². The van der Waals surface area contributed by atoms with Crippen molar-refractivity contribution >= 4 is 48.7 Å². The van der Waals surface area contributed by atoms with Gasteiger partial charge in [0.15, 0.2) is 5.58 Å². The first kappa shape index (κ1) is 15.0. The Bertz CT molecular complexity index is 854. The molecule has 0 aliphatic carbocycles. The Hall–Kier alpha value is -0.870. The lowest BCUT2D eigenvalue weighted by atomic mass is 10.3. The molecule has 0 amide bonds. The third-order valence-corrected chi connectivity index (χ3v) is 6.58. The number of aromatic nitrogens is 1. The molecule has 1 aliphatic heterocycles. The summed E-state index contributed by atoms with van der Waals surface area (Å²) in [7, 11) is -3.77. The van der Waals surface area contributed by atoms with Crippen LogP contribution in [0.4, 0.5) is 0 Å². The van der Waals surface area contributed by atoms with E-state index in [0.29, 0.717) is 31.7 Å². The Morgan fingerprint density at radius 2 is 2.00 bits per heavy atom. The van der Waals surface area contributed by atoms with E-state index in [-0.39, 0.29) is 20.0 Å². The van der Waals surface area contributed by atoms with Crippen LogP contribution in [0.25, 0.3) is 11.1 Å². The summed E-state index contributed by atoms with van der Waals surface area (Å²) in [5.41, 5.74) is 0.384. The zero-order valence-electron chi connectivity index (χ0n) is 10.7. The van der Waals surface area contributed by atoms with Gasteiger partial charge in [0.25, 0.3) is 0 Å². The molecule has 0 atom stereocenters. The average Bonchev–Trinajstić information content (AvgIpc) is 2.80. The van der Waals surface area contributed by atoms with E-state index in [1.165, 1.54) is 10.4 Å². The molecular weight excluding hydrogens is 386 g/mol. The van der Waals surface area contributed by atoms with Crippen molar-refractivity contribution in [2.24, 2.45) is 0 Å². The summed E-state index contributed by atoms with van der Waals surface area (Å²) in [6, 6.07) is 1.47. The van der Waals surface area contributed by atoms with E-state index in [4.69, 9.17) is 16.0 Å². The molecule has 10 heteroatoms. The second-order valence-corrected chi connectivity index (χ2v) is 7.65. The monoisotopic (exact) mass is 395 g/mol. The summed E-state index contributed by atoms with van der Waals surface area (Å²) >= 11 is 9.37. The lowest BCUT2D eigenvalue weighted by Gasteiger charge is -2.27. The highest BCUT2D eigenvalue weighted by Crippen LogP contribution is 2.37. The van der Waals surface area contributed by atoms with Gasteiger partial charge in [-0.05, 0) is 22.0 Å². The van der Waals surface area contributed by atoms with E-state index in [1.807, 2.05) is 0 Å². The van der Waals surface area contributed by atoms with Crippen molar-refractivity contribution < 1.29 is 12.8 Å². The molecule has 1 aromatic heterocycles. The zero-order valence-corrected chi connectivity index (χ0v) is 13.8. The largest absolute Gasteiger partial charge is 0.417 e. The van der Waals surface area contributed by atoms with Crippen molar-refractivity contribution in [2.45, 2.75) is 4.90 Å². The van der Waals surface area contributed by atoms with Crippen molar-refractivity contribution in [3.8, 4) is 0 Å². The molecule has 1 aliphatic rings. The normalized spacial score (nSPS) is 17.4. The summed E-state index contributed by atoms with van der Waals surface area (Å²) in [5.74, 6) is -0.685. The van der Waals surface area contributed by atoms with Gasteiger partial charge in [-0.3, -0.25) is 4.98 Å². The fourth-order valence-electron chi connectivity index (χ4n) is 2.26. The van der Waals surface area contributed by atoms with Crippen LogP contribution in [0.3, 0.4) is 0 Å². The van der Waals surface area contributed by atoms with Crippen LogP contribution in [0.1, 0.15) is 0 Å². The Kier molecular flexibility index (Phi) is 3.87. The molecular formula is C11H11BrClN3O4S. The fraction of sp³-hybridized carbons (Fsp3) is 0.364. The van der Waals surface area contributed by atoms with E-state index >= 15 is 0 Å². The van der Waals surface area contributed by atoms with Crippen LogP contribution in [0.5, 0.6) is 0 Å². The van der Waals surface area contributed by atoms with Crippen LogP contribution < -0.4 is 11.1 Å². The van der Waals surface area contributed by atoms with Gasteiger partial charge in [-0.2, -0.15) is 4.31 Å². The number of halogens is 2. The zero-order chi connectivity index (χ0) is 15.2. The minimum absolute atomic E-state index is 0.0403. The Labute approximate surface area is 133 Å². The molecule has 0 radical (unpaired) electrons. The number of rotatable bonds is 2. The minimum atomic E-state index is -3.77. The van der Waals surface area contributed by atoms with Gasteiger partial charge in [0, 0.05) is 30.7 Å². The summed E-state index contributed by atoms with van der Waals surface area (Å²) in [6.45, 7) is 1.88. The number of nitrogens with zero attached hydrogens (tertiary/aromatic N) is 1. The predicted molar refractivity (Wildman–Crippen MR) is 81.2 cm³/mol. The minimum Gasteiger partial charge on any atom is -0.406 e. The number of hydrogen-bond acceptors (Lipinski definition) is 5. The molecule has 2 N–H and O–H groups in total. The summed E-state index contributed by atoms with van der Waals surface area (Å²) in [4.78, 5) is 13.6. The molecule has 114 valence electrons. The van der Waals surface area contributed by atoms with Crippen LogP contribution in [-0.2, 0) is 10.0 Å². The molecule has 0 spiro atoms. The van der Waals surface area contributed by atoms with Gasteiger partial charge in [0.05, 0.1) is 5.52 Å². The van der Waals surface area contributed by atoms with Gasteiger partial charge in [-0.1, -0.05) is 11.6 Å². The predicted octanol–water partition coefficient (Wildman–Crippen LogP) is 1.13. The SMILES string of the molecule is O=c1[nH]c2cc(Br)c(S(=O)(=O)N3CCNCC3)c(Cl)c2o1. The maximum atomic E-state index is 12.7. The Balaban J connectivity index is 2.21. The number of nitrogens with one attached hydrogen (secondary N) is 2. The van der Waals surface area contributed by atoms with E-state index < -0.39 is 15.8 Å². The highest BCUT2D eigenvalue weighted by molar-refractivity contribution is 9.10. The Morgan fingerprint density at radius 1 is 1.33 bits per heavy atom. The van der Waals surface area contributed by atoms with Crippen LogP contribution in [0, 0.1) is 0 Å². The maximum Gasteiger partial charge on any atom is 0.417 e. The summed E-state index contributed by atoms with van der Waals surface area (Å²) in [5, 5.41) is 2.98. The summed E-state index contributed by atoms with van der Waals surface area (Å²) in [6.07, 6.45) is 0. The highest BCUT2D eigenvalue weighted by atomic mass is 79.9. The molecule has 3 rings (SSSR count). The maximum absolute atomic E-state index is 12.7. The lowest BCUT2D eigenvalue weighted by Crippen LogP contribution is -2.46. The summed E-state index contributed by atoms with van der Waals surface area (Å²) < 4.78 is 32.0. The van der Waals surface area contributed by atoms with Gasteiger partial charge in [0.2, 0.25) is 10.0 Å². The number of aromatic amines is 1. The smallest absolute Gasteiger partial charge is 0.406 e. The van der Waals surface area contributed by atoms with Crippen LogP contribution in [0.15, 0.2) is 24.6 Å². The second-order valence-electron chi connectivity index (χ2n) is 4.55. The molecule has 21 heavy (non-hydrogen) atoms. The first-order valence-corrected chi connectivity index (χ1v) is 8.74. The van der Waals surface area contributed by atoms with E-state index in [9.17, 15) is 13.2 Å². The number of H-pyrrole nitrogens is 1. The van der Waals surface area contributed by atoms with Gasteiger partial charge in [-0.25, -0.2) is 13.2 Å². The highest BCUT2D eigenvalue weighted by Gasteiger charge is 2.32. The van der Waals surface area contributed by atoms with Gasteiger partial charge >= 0.3 is 5.76 Å². The topological polar surface area (TPSA) is 95.4 Å². The number of piperazine rings is 1. The van der Waals surface area contributed by atoms with Crippen LogP contribution in [-0.4, -0.2) is 43.9 Å². The molecule has 1 aromatic carbocycles. The first-order valence-electron chi connectivity index (χ1n) is 6.13. The number of oxazole rings is 1.